The first-order valence-corrected chi connectivity index (χ1v) is 9.15. The van der Waals surface area contributed by atoms with Crippen LogP contribution in [0.2, 0.25) is 5.15 Å². The molecule has 0 saturated carbocycles. The Labute approximate surface area is 165 Å². The van der Waals surface area contributed by atoms with Crippen molar-refractivity contribution in [2.24, 2.45) is 5.11 Å². The van der Waals surface area contributed by atoms with Crippen molar-refractivity contribution in [3.8, 4) is 0 Å². The molecular weight excluding hydrogens is 383 g/mol. The molecule has 7 nitrogen and oxygen atoms in total. The van der Waals surface area contributed by atoms with Crippen molar-refractivity contribution in [1.29, 1.82) is 5.53 Å². The van der Waals surface area contributed by atoms with Gasteiger partial charge in [0.05, 0.1) is 30.3 Å². The number of hydrogen-bond acceptors (Lipinski definition) is 6. The van der Waals surface area contributed by atoms with Gasteiger partial charge in [0.2, 0.25) is 0 Å². The van der Waals surface area contributed by atoms with Gasteiger partial charge in [0.15, 0.2) is 0 Å². The molecule has 1 saturated heterocycles. The van der Waals surface area contributed by atoms with E-state index in [4.69, 9.17) is 21.9 Å². The van der Waals surface area contributed by atoms with Crippen molar-refractivity contribution in [1.82, 2.24) is 14.5 Å². The molecule has 1 aromatic carbocycles. The number of nitrogens with one attached hydrogen (secondary N) is 2. The van der Waals surface area contributed by atoms with Gasteiger partial charge in [-0.2, -0.15) is 5.11 Å². The lowest BCUT2D eigenvalue weighted by atomic mass is 9.98. The summed E-state index contributed by atoms with van der Waals surface area (Å²) in [5.41, 5.74) is 9.98. The largest absolute Gasteiger partial charge is 0.380 e. The number of aromatic nitrogens is 3. The normalized spacial score (nSPS) is 16.0. The second kappa shape index (κ2) is 7.65. The molecule has 2 aromatic heterocycles. The van der Waals surface area contributed by atoms with Crippen molar-refractivity contribution < 1.29 is 9.13 Å². The average Bonchev–Trinajstić information content (AvgIpc) is 3.02. The van der Waals surface area contributed by atoms with Crippen LogP contribution >= 0.6 is 11.6 Å². The Kier molecular flexibility index (Phi) is 5.06. The smallest absolute Gasteiger partial charge is 0.146 e. The fourth-order valence-electron chi connectivity index (χ4n) is 3.21. The van der Waals surface area contributed by atoms with Crippen LogP contribution in [0.25, 0.3) is 11.0 Å². The lowest BCUT2D eigenvalue weighted by Crippen LogP contribution is -2.24. The van der Waals surface area contributed by atoms with Crippen LogP contribution < -0.4 is 5.32 Å². The number of para-hydroxylation sites is 1. The Morgan fingerprint density at radius 1 is 1.43 bits per heavy atom. The van der Waals surface area contributed by atoms with Gasteiger partial charge in [0.25, 0.3) is 0 Å². The van der Waals surface area contributed by atoms with E-state index >= 15 is 0 Å². The van der Waals surface area contributed by atoms with E-state index in [-0.39, 0.29) is 17.8 Å². The summed E-state index contributed by atoms with van der Waals surface area (Å²) in [7, 11) is 0. The Bertz CT molecular complexity index is 1060. The Morgan fingerprint density at radius 3 is 2.89 bits per heavy atom. The molecule has 144 valence electrons. The molecule has 1 unspecified atom stereocenters. The third-order valence-electron chi connectivity index (χ3n) is 4.89. The van der Waals surface area contributed by atoms with E-state index in [1.807, 2.05) is 17.7 Å². The van der Waals surface area contributed by atoms with E-state index in [1.165, 1.54) is 18.6 Å². The number of hydrogen-bond donors (Lipinski definition) is 2. The zero-order valence-corrected chi connectivity index (χ0v) is 15.8. The molecule has 0 radical (unpaired) electrons. The number of allylic oxidation sites excluding steroid dienone is 1. The van der Waals surface area contributed by atoms with E-state index in [2.05, 4.69) is 20.4 Å². The molecular formula is C19H18ClFN6O. The van der Waals surface area contributed by atoms with Crippen molar-refractivity contribution in [3.05, 3.63) is 65.2 Å². The lowest BCUT2D eigenvalue weighted by Gasteiger charge is -2.25. The molecule has 1 aliphatic heterocycles. The number of anilines is 1. The number of ether oxygens (including phenoxy) is 1. The Hall–Kier alpha value is -2.84. The van der Waals surface area contributed by atoms with Gasteiger partial charge in [0, 0.05) is 18.3 Å². The molecule has 9 heteroatoms. The first-order chi connectivity index (χ1) is 13.6. The van der Waals surface area contributed by atoms with Gasteiger partial charge < -0.3 is 14.6 Å². The van der Waals surface area contributed by atoms with Crippen molar-refractivity contribution >= 4 is 28.3 Å². The van der Waals surface area contributed by atoms with Crippen LogP contribution in [-0.2, 0) is 4.74 Å². The molecule has 0 aliphatic carbocycles. The SMILES string of the molecule is CC(/C(=C/Nc1ccccc1F)N=N)n1cc(C2COC2)c2c(Cl)ncnc21. The summed E-state index contributed by atoms with van der Waals surface area (Å²) in [6.07, 6.45) is 4.90. The van der Waals surface area contributed by atoms with E-state index in [1.54, 1.807) is 18.2 Å². The molecule has 3 heterocycles. The zero-order valence-electron chi connectivity index (χ0n) is 15.1. The van der Waals surface area contributed by atoms with Crippen LogP contribution in [0, 0.1) is 11.3 Å². The van der Waals surface area contributed by atoms with Crippen LogP contribution in [-0.4, -0.2) is 27.7 Å². The maximum absolute atomic E-state index is 13.8. The monoisotopic (exact) mass is 400 g/mol. The molecule has 1 atom stereocenters. The first-order valence-electron chi connectivity index (χ1n) is 8.77. The minimum absolute atomic E-state index is 0.233. The lowest BCUT2D eigenvalue weighted by molar-refractivity contribution is 0.00892. The average molecular weight is 401 g/mol. The van der Waals surface area contributed by atoms with E-state index < -0.39 is 0 Å². The predicted octanol–water partition coefficient (Wildman–Crippen LogP) is 4.88. The number of rotatable bonds is 6. The Balaban J connectivity index is 1.72. The molecule has 4 rings (SSSR count). The van der Waals surface area contributed by atoms with Crippen molar-refractivity contribution in [2.45, 2.75) is 18.9 Å². The fourth-order valence-corrected chi connectivity index (χ4v) is 3.45. The third kappa shape index (κ3) is 3.25. The van der Waals surface area contributed by atoms with E-state index in [0.29, 0.717) is 35.4 Å². The van der Waals surface area contributed by atoms with Crippen molar-refractivity contribution in [2.75, 3.05) is 18.5 Å². The number of benzene rings is 1. The summed E-state index contributed by atoms with van der Waals surface area (Å²) in [6, 6.07) is 5.99. The highest BCUT2D eigenvalue weighted by molar-refractivity contribution is 6.34. The standard InChI is InChI=1S/C19H18ClFN6O/c1-11(16(26-22)6-23-15-5-3-2-4-14(15)21)27-7-13(12-8-28-9-12)17-18(20)24-10-25-19(17)27/h2-7,10-12,22-23H,8-9H2,1H3/b16-6-,26-22?. The highest BCUT2D eigenvalue weighted by Gasteiger charge is 2.28. The van der Waals surface area contributed by atoms with Crippen LogP contribution in [0.4, 0.5) is 10.1 Å². The maximum Gasteiger partial charge on any atom is 0.146 e. The topological polar surface area (TPSA) is 88.2 Å². The fraction of sp³-hybridized carbons (Fsp3) is 0.263. The summed E-state index contributed by atoms with van der Waals surface area (Å²) < 4.78 is 21.1. The minimum Gasteiger partial charge on any atom is -0.380 e. The summed E-state index contributed by atoms with van der Waals surface area (Å²) in [6.45, 7) is 3.14. The molecule has 2 N–H and O–H groups in total. The highest BCUT2D eigenvalue weighted by atomic mass is 35.5. The molecule has 1 aliphatic rings. The van der Waals surface area contributed by atoms with Gasteiger partial charge in [0.1, 0.15) is 28.6 Å². The summed E-state index contributed by atoms with van der Waals surface area (Å²) in [5.74, 6) is -0.148. The number of fused-ring (bicyclic) bond motifs is 1. The van der Waals surface area contributed by atoms with E-state index in [0.717, 1.165) is 10.9 Å². The first kappa shape index (κ1) is 18.5. The van der Waals surface area contributed by atoms with Gasteiger partial charge in [-0.25, -0.2) is 19.9 Å². The zero-order chi connectivity index (χ0) is 19.7. The second-order valence-corrected chi connectivity index (χ2v) is 6.93. The third-order valence-corrected chi connectivity index (χ3v) is 5.18. The molecule has 0 bridgehead atoms. The van der Waals surface area contributed by atoms with Crippen LogP contribution in [0.1, 0.15) is 24.4 Å². The summed E-state index contributed by atoms with van der Waals surface area (Å²) >= 11 is 6.34. The van der Waals surface area contributed by atoms with Gasteiger partial charge in [-0.15, -0.1) is 0 Å². The summed E-state index contributed by atoms with van der Waals surface area (Å²) in [4.78, 5) is 8.49. The molecule has 3 aromatic rings. The van der Waals surface area contributed by atoms with Crippen molar-refractivity contribution in [3.63, 3.8) is 0 Å². The van der Waals surface area contributed by atoms with Crippen LogP contribution in [0.15, 0.2) is 53.8 Å². The maximum atomic E-state index is 13.8. The number of halogens is 2. The predicted molar refractivity (Wildman–Crippen MR) is 104 cm³/mol. The van der Waals surface area contributed by atoms with Gasteiger partial charge >= 0.3 is 0 Å². The number of nitrogens with zero attached hydrogens (tertiary/aromatic N) is 4. The quantitative estimate of drug-likeness (QED) is 0.455. The molecule has 0 amide bonds. The van der Waals surface area contributed by atoms with Crippen LogP contribution in [0.5, 0.6) is 0 Å². The summed E-state index contributed by atoms with van der Waals surface area (Å²) in [5, 5.41) is 7.69. The molecule has 0 spiro atoms. The Morgan fingerprint density at radius 2 is 2.21 bits per heavy atom. The van der Waals surface area contributed by atoms with Crippen LogP contribution in [0.3, 0.4) is 0 Å². The van der Waals surface area contributed by atoms with Gasteiger partial charge in [-0.1, -0.05) is 23.7 Å². The minimum atomic E-state index is -0.381. The molecule has 28 heavy (non-hydrogen) atoms. The van der Waals surface area contributed by atoms with Gasteiger partial charge in [-0.3, -0.25) is 0 Å². The van der Waals surface area contributed by atoms with E-state index in [9.17, 15) is 4.39 Å². The van der Waals surface area contributed by atoms with Gasteiger partial charge in [-0.05, 0) is 24.6 Å². The second-order valence-electron chi connectivity index (χ2n) is 6.57. The highest BCUT2D eigenvalue weighted by Crippen LogP contribution is 2.37. The molecule has 1 fully saturated rings.